The summed E-state index contributed by atoms with van der Waals surface area (Å²) in [5.74, 6) is 1.86. The lowest BCUT2D eigenvalue weighted by Crippen LogP contribution is -2.47. The molecule has 2 rings (SSSR count). The Kier molecular flexibility index (Phi) is 5.02. The van der Waals surface area contributed by atoms with Crippen molar-refractivity contribution < 1.29 is 0 Å². The third-order valence-corrected chi connectivity index (χ3v) is 3.82. The van der Waals surface area contributed by atoms with Crippen LogP contribution in [0.4, 0.5) is 11.5 Å². The molecule has 0 saturated carbocycles. The number of hydrogen-bond donors (Lipinski definition) is 1. The van der Waals surface area contributed by atoms with Crippen molar-refractivity contribution in [3.63, 3.8) is 0 Å². The van der Waals surface area contributed by atoms with Crippen LogP contribution in [-0.4, -0.2) is 42.6 Å². The summed E-state index contributed by atoms with van der Waals surface area (Å²) in [6.07, 6.45) is 4.36. The molecule has 0 spiro atoms. The Balaban J connectivity index is 1.80. The molecule has 1 unspecified atom stereocenters. The molecule has 0 amide bonds. The van der Waals surface area contributed by atoms with Crippen molar-refractivity contribution in [1.82, 2.24) is 9.88 Å². The van der Waals surface area contributed by atoms with Crippen LogP contribution in [0.2, 0.25) is 0 Å². The Hall–Kier alpha value is -1.29. The van der Waals surface area contributed by atoms with Gasteiger partial charge in [-0.1, -0.05) is 20.3 Å². The van der Waals surface area contributed by atoms with E-state index in [0.717, 1.165) is 43.6 Å². The molecular weight excluding hydrogens is 236 g/mol. The molecule has 1 aliphatic heterocycles. The van der Waals surface area contributed by atoms with Gasteiger partial charge < -0.3 is 10.6 Å². The molecule has 1 aromatic rings. The molecule has 2 N–H and O–H groups in total. The molecule has 1 aromatic heterocycles. The fourth-order valence-corrected chi connectivity index (χ4v) is 2.77. The molecule has 0 aromatic carbocycles. The van der Waals surface area contributed by atoms with Crippen LogP contribution in [0.15, 0.2) is 18.3 Å². The van der Waals surface area contributed by atoms with Crippen LogP contribution in [0, 0.1) is 5.92 Å². The second-order valence-corrected chi connectivity index (χ2v) is 5.63. The van der Waals surface area contributed by atoms with Gasteiger partial charge in [0.25, 0.3) is 0 Å². The zero-order chi connectivity index (χ0) is 13.7. The van der Waals surface area contributed by atoms with Crippen LogP contribution in [0.25, 0.3) is 0 Å². The normalized spacial score (nSPS) is 18.5. The molecule has 4 nitrogen and oxygen atoms in total. The number of rotatable bonds is 5. The first kappa shape index (κ1) is 14.1. The maximum Gasteiger partial charge on any atom is 0.128 e. The van der Waals surface area contributed by atoms with Crippen LogP contribution in [0.1, 0.15) is 26.7 Å². The van der Waals surface area contributed by atoms with E-state index in [1.807, 2.05) is 12.1 Å². The fraction of sp³-hybridized carbons (Fsp3) is 0.667. The number of nitrogens with two attached hydrogens (primary N) is 1. The van der Waals surface area contributed by atoms with Crippen molar-refractivity contribution in [1.29, 1.82) is 0 Å². The molecule has 0 bridgehead atoms. The molecule has 0 aliphatic carbocycles. The third-order valence-electron chi connectivity index (χ3n) is 3.82. The van der Waals surface area contributed by atoms with E-state index in [0.29, 0.717) is 0 Å². The van der Waals surface area contributed by atoms with Gasteiger partial charge in [0, 0.05) is 32.7 Å². The second kappa shape index (κ2) is 6.75. The number of nitrogens with zero attached hydrogens (tertiary/aromatic N) is 3. The molecule has 1 aliphatic rings. The minimum atomic E-state index is 0.732. The average Bonchev–Trinajstić information content (AvgIpc) is 2.41. The lowest BCUT2D eigenvalue weighted by atomic mass is 10.1. The van der Waals surface area contributed by atoms with Gasteiger partial charge in [0.05, 0.1) is 11.9 Å². The molecule has 19 heavy (non-hydrogen) atoms. The van der Waals surface area contributed by atoms with Gasteiger partial charge in [-0.3, -0.25) is 4.90 Å². The summed E-state index contributed by atoms with van der Waals surface area (Å²) in [4.78, 5) is 9.32. The monoisotopic (exact) mass is 262 g/mol. The van der Waals surface area contributed by atoms with Gasteiger partial charge in [-0.15, -0.1) is 0 Å². The molecule has 4 heteroatoms. The van der Waals surface area contributed by atoms with Crippen LogP contribution in [0.5, 0.6) is 0 Å². The van der Waals surface area contributed by atoms with E-state index < -0.39 is 0 Å². The van der Waals surface area contributed by atoms with Crippen LogP contribution >= 0.6 is 0 Å². The average molecular weight is 262 g/mol. The highest BCUT2D eigenvalue weighted by molar-refractivity contribution is 5.46. The number of anilines is 2. The van der Waals surface area contributed by atoms with Crippen molar-refractivity contribution in [2.24, 2.45) is 5.92 Å². The second-order valence-electron chi connectivity index (χ2n) is 5.63. The summed E-state index contributed by atoms with van der Waals surface area (Å²) in [5, 5.41) is 0. The summed E-state index contributed by atoms with van der Waals surface area (Å²) in [6, 6.07) is 3.95. The molecule has 0 radical (unpaired) electrons. The van der Waals surface area contributed by atoms with Gasteiger partial charge in [0.15, 0.2) is 0 Å². The number of pyridine rings is 1. The molecular formula is C15H26N4. The van der Waals surface area contributed by atoms with Crippen molar-refractivity contribution in [2.75, 3.05) is 43.4 Å². The standard InChI is InChI=1S/C15H26N4/c1-3-4-13(2)12-18-7-9-19(10-8-18)15-6-5-14(16)11-17-15/h5-6,11,13H,3-4,7-10,12,16H2,1-2H3. The largest absolute Gasteiger partial charge is 0.397 e. The number of aromatic nitrogens is 1. The first-order valence-corrected chi connectivity index (χ1v) is 7.38. The molecule has 1 fully saturated rings. The molecule has 1 saturated heterocycles. The lowest BCUT2D eigenvalue weighted by molar-refractivity contribution is 0.219. The minimum absolute atomic E-state index is 0.732. The van der Waals surface area contributed by atoms with Crippen molar-refractivity contribution in [3.8, 4) is 0 Å². The Bertz CT molecular complexity index is 368. The topological polar surface area (TPSA) is 45.4 Å². The first-order valence-electron chi connectivity index (χ1n) is 7.38. The number of nitrogen functional groups attached to an aromatic ring is 1. The Morgan fingerprint density at radius 3 is 2.58 bits per heavy atom. The van der Waals surface area contributed by atoms with Crippen LogP contribution in [-0.2, 0) is 0 Å². The third kappa shape index (κ3) is 4.10. The lowest BCUT2D eigenvalue weighted by Gasteiger charge is -2.36. The van der Waals surface area contributed by atoms with Gasteiger partial charge >= 0.3 is 0 Å². The van der Waals surface area contributed by atoms with E-state index in [4.69, 9.17) is 5.73 Å². The number of piperazine rings is 1. The Morgan fingerprint density at radius 2 is 2.00 bits per heavy atom. The van der Waals surface area contributed by atoms with E-state index in [-0.39, 0.29) is 0 Å². The fourth-order valence-electron chi connectivity index (χ4n) is 2.77. The highest BCUT2D eigenvalue weighted by atomic mass is 15.3. The van der Waals surface area contributed by atoms with Crippen LogP contribution < -0.4 is 10.6 Å². The molecule has 2 heterocycles. The maximum absolute atomic E-state index is 5.67. The van der Waals surface area contributed by atoms with Gasteiger partial charge in [-0.25, -0.2) is 4.98 Å². The molecule has 1 atom stereocenters. The van der Waals surface area contributed by atoms with E-state index in [2.05, 4.69) is 28.6 Å². The summed E-state index contributed by atoms with van der Waals surface area (Å²) in [7, 11) is 0. The quantitative estimate of drug-likeness (QED) is 0.884. The SMILES string of the molecule is CCCC(C)CN1CCN(c2ccc(N)cn2)CC1. The van der Waals surface area contributed by atoms with E-state index in [1.165, 1.54) is 19.4 Å². The minimum Gasteiger partial charge on any atom is -0.397 e. The van der Waals surface area contributed by atoms with E-state index in [9.17, 15) is 0 Å². The Labute approximate surface area is 116 Å². The van der Waals surface area contributed by atoms with Gasteiger partial charge in [-0.2, -0.15) is 0 Å². The van der Waals surface area contributed by atoms with Gasteiger partial charge in [0.1, 0.15) is 5.82 Å². The summed E-state index contributed by atoms with van der Waals surface area (Å²) in [5.41, 5.74) is 6.40. The van der Waals surface area contributed by atoms with E-state index in [1.54, 1.807) is 6.20 Å². The van der Waals surface area contributed by atoms with E-state index >= 15 is 0 Å². The van der Waals surface area contributed by atoms with Gasteiger partial charge in [0.2, 0.25) is 0 Å². The summed E-state index contributed by atoms with van der Waals surface area (Å²) in [6.45, 7) is 10.3. The first-order chi connectivity index (χ1) is 9.19. The Morgan fingerprint density at radius 1 is 1.26 bits per heavy atom. The smallest absolute Gasteiger partial charge is 0.128 e. The zero-order valence-electron chi connectivity index (χ0n) is 12.2. The predicted molar refractivity (Wildman–Crippen MR) is 81.4 cm³/mol. The number of hydrogen-bond acceptors (Lipinski definition) is 4. The molecule has 106 valence electrons. The van der Waals surface area contributed by atoms with Gasteiger partial charge in [-0.05, 0) is 24.5 Å². The van der Waals surface area contributed by atoms with Crippen molar-refractivity contribution >= 4 is 11.5 Å². The summed E-state index contributed by atoms with van der Waals surface area (Å²) >= 11 is 0. The van der Waals surface area contributed by atoms with Crippen LogP contribution in [0.3, 0.4) is 0 Å². The van der Waals surface area contributed by atoms with Crippen molar-refractivity contribution in [2.45, 2.75) is 26.7 Å². The summed E-state index contributed by atoms with van der Waals surface area (Å²) < 4.78 is 0. The maximum atomic E-state index is 5.67. The predicted octanol–water partition coefficient (Wildman–Crippen LogP) is 2.22. The highest BCUT2D eigenvalue weighted by Crippen LogP contribution is 2.16. The zero-order valence-corrected chi connectivity index (χ0v) is 12.2. The van der Waals surface area contributed by atoms with Crippen molar-refractivity contribution in [3.05, 3.63) is 18.3 Å². The highest BCUT2D eigenvalue weighted by Gasteiger charge is 2.19.